The lowest BCUT2D eigenvalue weighted by molar-refractivity contribution is 0.424. The van der Waals surface area contributed by atoms with Crippen LogP contribution in [0.3, 0.4) is 0 Å². The fourth-order valence-electron chi connectivity index (χ4n) is 1.34. The summed E-state index contributed by atoms with van der Waals surface area (Å²) >= 11 is 3.24. The topological polar surface area (TPSA) is 46.2 Å². The highest BCUT2D eigenvalue weighted by Gasteiger charge is 2.12. The van der Waals surface area contributed by atoms with Gasteiger partial charge in [-0.2, -0.15) is 0 Å². The summed E-state index contributed by atoms with van der Waals surface area (Å²) in [7, 11) is 0. The van der Waals surface area contributed by atoms with Gasteiger partial charge in [0.1, 0.15) is 0 Å². The van der Waals surface area contributed by atoms with Crippen LogP contribution in [0.15, 0.2) is 10.5 Å². The van der Waals surface area contributed by atoms with Crippen LogP contribution in [0, 0.1) is 12.7 Å². The van der Waals surface area contributed by atoms with Gasteiger partial charge in [-0.3, -0.25) is 0 Å². The molecule has 3 N–H and O–H groups in total. The molecule has 1 aromatic rings. The average Bonchev–Trinajstić information content (AvgIpc) is 2.15. The third kappa shape index (κ3) is 2.25. The van der Waals surface area contributed by atoms with Crippen molar-refractivity contribution in [3.8, 4) is 5.75 Å². The summed E-state index contributed by atoms with van der Waals surface area (Å²) in [5.74, 6) is -0.839. The minimum Gasteiger partial charge on any atom is -0.505 e. The van der Waals surface area contributed by atoms with Crippen LogP contribution in [0.2, 0.25) is 0 Å². The molecule has 78 valence electrons. The van der Waals surface area contributed by atoms with Gasteiger partial charge >= 0.3 is 0 Å². The Labute approximate surface area is 91.1 Å². The van der Waals surface area contributed by atoms with Crippen LogP contribution in [0.25, 0.3) is 0 Å². The fraction of sp³-hybridized carbons (Fsp3) is 0.400. The molecule has 0 radical (unpaired) electrons. The smallest absolute Gasteiger partial charge is 0.166 e. The van der Waals surface area contributed by atoms with E-state index in [9.17, 15) is 9.50 Å². The van der Waals surface area contributed by atoms with Crippen molar-refractivity contribution in [2.75, 3.05) is 6.54 Å². The molecule has 0 fully saturated rings. The van der Waals surface area contributed by atoms with Crippen molar-refractivity contribution in [1.82, 2.24) is 0 Å². The molecule has 0 amide bonds. The second kappa shape index (κ2) is 4.75. The predicted molar refractivity (Wildman–Crippen MR) is 57.9 cm³/mol. The summed E-state index contributed by atoms with van der Waals surface area (Å²) in [5.41, 5.74) is 6.88. The first kappa shape index (κ1) is 11.5. The Morgan fingerprint density at radius 3 is 2.79 bits per heavy atom. The van der Waals surface area contributed by atoms with Gasteiger partial charge in [-0.05, 0) is 37.9 Å². The summed E-state index contributed by atoms with van der Waals surface area (Å²) in [6, 6.07) is 1.27. The molecule has 1 aromatic carbocycles. The number of rotatable bonds is 3. The zero-order valence-corrected chi connectivity index (χ0v) is 9.57. The third-order valence-electron chi connectivity index (χ3n) is 2.21. The monoisotopic (exact) mass is 261 g/mol. The molecule has 0 atom stereocenters. The van der Waals surface area contributed by atoms with Crippen LogP contribution in [0.1, 0.15) is 17.5 Å². The molecule has 0 unspecified atom stereocenters. The Morgan fingerprint density at radius 2 is 2.21 bits per heavy atom. The molecule has 0 spiro atoms. The molecule has 0 aliphatic carbocycles. The molecule has 2 nitrogen and oxygen atoms in total. The lowest BCUT2D eigenvalue weighted by atomic mass is 10.0. The average molecular weight is 262 g/mol. The highest BCUT2D eigenvalue weighted by atomic mass is 79.9. The van der Waals surface area contributed by atoms with Crippen molar-refractivity contribution < 1.29 is 9.50 Å². The van der Waals surface area contributed by atoms with Crippen LogP contribution in [0.4, 0.5) is 4.39 Å². The summed E-state index contributed by atoms with van der Waals surface area (Å²) in [6.07, 6.45) is 1.34. The normalized spacial score (nSPS) is 10.6. The molecule has 0 heterocycles. The number of benzene rings is 1. The number of hydrogen-bond donors (Lipinski definition) is 2. The van der Waals surface area contributed by atoms with Crippen LogP contribution < -0.4 is 5.73 Å². The highest BCUT2D eigenvalue weighted by molar-refractivity contribution is 9.10. The number of hydrogen-bond acceptors (Lipinski definition) is 2. The van der Waals surface area contributed by atoms with E-state index in [1.807, 2.05) is 6.92 Å². The Kier molecular flexibility index (Phi) is 3.89. The lowest BCUT2D eigenvalue weighted by Gasteiger charge is -2.10. The van der Waals surface area contributed by atoms with Crippen molar-refractivity contribution in [2.24, 2.45) is 5.73 Å². The van der Waals surface area contributed by atoms with Crippen molar-refractivity contribution in [3.05, 3.63) is 27.5 Å². The van der Waals surface area contributed by atoms with E-state index in [4.69, 9.17) is 5.73 Å². The van der Waals surface area contributed by atoms with E-state index < -0.39 is 5.82 Å². The number of aromatic hydroxyl groups is 1. The van der Waals surface area contributed by atoms with E-state index in [1.165, 1.54) is 6.07 Å². The Balaban J connectivity index is 3.11. The van der Waals surface area contributed by atoms with Gasteiger partial charge in [-0.25, -0.2) is 4.39 Å². The Bertz CT molecular complexity index is 315. The van der Waals surface area contributed by atoms with E-state index in [2.05, 4.69) is 15.9 Å². The second-order valence-electron chi connectivity index (χ2n) is 3.18. The van der Waals surface area contributed by atoms with E-state index >= 15 is 0 Å². The molecular formula is C10H13BrFNO. The Morgan fingerprint density at radius 1 is 1.57 bits per heavy atom. The number of nitrogens with two attached hydrogens (primary N) is 1. The van der Waals surface area contributed by atoms with Crippen molar-refractivity contribution in [2.45, 2.75) is 19.8 Å². The first-order chi connectivity index (χ1) is 6.57. The van der Waals surface area contributed by atoms with Crippen LogP contribution >= 0.6 is 15.9 Å². The first-order valence-corrected chi connectivity index (χ1v) is 5.23. The zero-order chi connectivity index (χ0) is 10.7. The van der Waals surface area contributed by atoms with Crippen molar-refractivity contribution in [3.63, 3.8) is 0 Å². The molecule has 14 heavy (non-hydrogen) atoms. The molecule has 4 heteroatoms. The van der Waals surface area contributed by atoms with Gasteiger partial charge in [0.15, 0.2) is 11.6 Å². The molecule has 0 saturated carbocycles. The van der Waals surface area contributed by atoms with Crippen molar-refractivity contribution in [1.29, 1.82) is 0 Å². The molecule has 0 saturated heterocycles. The minimum atomic E-state index is -0.588. The number of phenolic OH excluding ortho intramolecular Hbond substituents is 1. The van der Waals surface area contributed by atoms with E-state index in [1.54, 1.807) is 0 Å². The van der Waals surface area contributed by atoms with Gasteiger partial charge < -0.3 is 10.8 Å². The summed E-state index contributed by atoms with van der Waals surface area (Å²) in [6.45, 7) is 2.38. The maximum atomic E-state index is 13.1. The first-order valence-electron chi connectivity index (χ1n) is 4.44. The van der Waals surface area contributed by atoms with Gasteiger partial charge in [0.25, 0.3) is 0 Å². The Hall–Kier alpha value is -0.610. The SMILES string of the molecule is Cc1c(Br)cc(F)c(O)c1CCCN. The lowest BCUT2D eigenvalue weighted by Crippen LogP contribution is -2.02. The fourth-order valence-corrected chi connectivity index (χ4v) is 1.78. The molecule has 0 aliphatic rings. The minimum absolute atomic E-state index is 0.251. The van der Waals surface area contributed by atoms with E-state index in [-0.39, 0.29) is 5.75 Å². The molecule has 0 bridgehead atoms. The van der Waals surface area contributed by atoms with Crippen LogP contribution in [-0.2, 0) is 6.42 Å². The molecule has 0 aromatic heterocycles. The van der Waals surface area contributed by atoms with Gasteiger partial charge in [-0.15, -0.1) is 0 Å². The standard InChI is InChI=1S/C10H13BrFNO/c1-6-7(3-2-4-13)10(14)9(12)5-8(6)11/h5,14H,2-4,13H2,1H3. The number of phenols is 1. The third-order valence-corrected chi connectivity index (χ3v) is 3.03. The molecular weight excluding hydrogens is 249 g/mol. The number of halogens is 2. The summed E-state index contributed by atoms with van der Waals surface area (Å²) in [4.78, 5) is 0. The largest absolute Gasteiger partial charge is 0.505 e. The molecule has 1 rings (SSSR count). The highest BCUT2D eigenvalue weighted by Crippen LogP contribution is 2.31. The quantitative estimate of drug-likeness (QED) is 0.879. The van der Waals surface area contributed by atoms with Gasteiger partial charge in [0.2, 0.25) is 0 Å². The summed E-state index contributed by atoms with van der Waals surface area (Å²) < 4.78 is 13.8. The van der Waals surface area contributed by atoms with Crippen molar-refractivity contribution >= 4 is 15.9 Å². The van der Waals surface area contributed by atoms with Gasteiger partial charge in [0.05, 0.1) is 0 Å². The zero-order valence-electron chi connectivity index (χ0n) is 7.98. The van der Waals surface area contributed by atoms with E-state index in [0.29, 0.717) is 23.0 Å². The second-order valence-corrected chi connectivity index (χ2v) is 4.04. The van der Waals surface area contributed by atoms with E-state index in [0.717, 1.165) is 12.0 Å². The maximum absolute atomic E-state index is 13.1. The predicted octanol–water partition coefficient (Wildman–Crippen LogP) is 2.49. The van der Waals surface area contributed by atoms with Gasteiger partial charge in [-0.1, -0.05) is 15.9 Å². The van der Waals surface area contributed by atoms with Gasteiger partial charge in [0, 0.05) is 10.0 Å². The van der Waals surface area contributed by atoms with Crippen LogP contribution in [0.5, 0.6) is 5.75 Å². The molecule has 0 aliphatic heterocycles. The van der Waals surface area contributed by atoms with Crippen LogP contribution in [-0.4, -0.2) is 11.7 Å². The summed E-state index contributed by atoms with van der Waals surface area (Å²) in [5, 5.41) is 9.49. The maximum Gasteiger partial charge on any atom is 0.166 e.